The van der Waals surface area contributed by atoms with Crippen LogP contribution in [0.1, 0.15) is 24.3 Å². The molecule has 128 valence electrons. The van der Waals surface area contributed by atoms with E-state index >= 15 is 0 Å². The van der Waals surface area contributed by atoms with Gasteiger partial charge in [0.25, 0.3) is 0 Å². The third-order valence-corrected chi connectivity index (χ3v) is 5.17. The summed E-state index contributed by atoms with van der Waals surface area (Å²) in [5.41, 5.74) is 0.947. The minimum absolute atomic E-state index is 0.0244. The first-order valence-corrected chi connectivity index (χ1v) is 8.94. The molecule has 3 rings (SSSR count). The number of hydrogen-bond acceptors (Lipinski definition) is 5. The van der Waals surface area contributed by atoms with E-state index in [2.05, 4.69) is 10.3 Å². The van der Waals surface area contributed by atoms with E-state index in [9.17, 15) is 9.59 Å². The van der Waals surface area contributed by atoms with E-state index in [1.54, 1.807) is 23.3 Å². The molecule has 1 aliphatic heterocycles. The SMILES string of the molecule is CNC(=O)C1CCCCN1C(=O)COCc1nc2ccccc2s1. The van der Waals surface area contributed by atoms with Gasteiger partial charge < -0.3 is 15.0 Å². The van der Waals surface area contributed by atoms with Crippen molar-refractivity contribution in [3.05, 3.63) is 29.3 Å². The lowest BCUT2D eigenvalue weighted by Crippen LogP contribution is -2.52. The van der Waals surface area contributed by atoms with Gasteiger partial charge in [0.15, 0.2) is 0 Å². The Balaban J connectivity index is 1.55. The fourth-order valence-corrected chi connectivity index (χ4v) is 3.86. The molecule has 2 heterocycles. The van der Waals surface area contributed by atoms with Crippen LogP contribution in [-0.2, 0) is 20.9 Å². The number of nitrogens with zero attached hydrogens (tertiary/aromatic N) is 2. The molecule has 7 heteroatoms. The van der Waals surface area contributed by atoms with E-state index in [1.807, 2.05) is 24.3 Å². The fourth-order valence-electron chi connectivity index (χ4n) is 2.96. The van der Waals surface area contributed by atoms with Gasteiger partial charge in [0.2, 0.25) is 11.8 Å². The average molecular weight is 347 g/mol. The third kappa shape index (κ3) is 3.73. The van der Waals surface area contributed by atoms with Crippen molar-refractivity contribution in [2.45, 2.75) is 31.9 Å². The molecule has 0 saturated carbocycles. The number of ether oxygens (including phenoxy) is 1. The highest BCUT2D eigenvalue weighted by atomic mass is 32.1. The highest BCUT2D eigenvalue weighted by Gasteiger charge is 2.31. The summed E-state index contributed by atoms with van der Waals surface area (Å²) in [5.74, 6) is -0.237. The van der Waals surface area contributed by atoms with Crippen LogP contribution in [0.15, 0.2) is 24.3 Å². The molecule has 1 aliphatic rings. The maximum atomic E-state index is 12.4. The molecule has 1 aromatic heterocycles. The van der Waals surface area contributed by atoms with E-state index in [-0.39, 0.29) is 24.5 Å². The Labute approximate surface area is 144 Å². The molecule has 6 nitrogen and oxygen atoms in total. The van der Waals surface area contributed by atoms with Gasteiger partial charge in [-0.25, -0.2) is 4.98 Å². The lowest BCUT2D eigenvalue weighted by molar-refractivity contribution is -0.146. The number of amides is 2. The van der Waals surface area contributed by atoms with E-state index in [4.69, 9.17) is 4.74 Å². The number of benzene rings is 1. The van der Waals surface area contributed by atoms with Crippen LogP contribution in [-0.4, -0.2) is 47.9 Å². The molecule has 1 atom stereocenters. The Morgan fingerprint density at radius 1 is 1.38 bits per heavy atom. The van der Waals surface area contributed by atoms with Gasteiger partial charge in [0, 0.05) is 13.6 Å². The van der Waals surface area contributed by atoms with Crippen LogP contribution < -0.4 is 5.32 Å². The van der Waals surface area contributed by atoms with Crippen molar-refractivity contribution in [1.29, 1.82) is 0 Å². The molecule has 0 bridgehead atoms. The first-order chi connectivity index (χ1) is 11.7. The zero-order chi connectivity index (χ0) is 16.9. The van der Waals surface area contributed by atoms with E-state index < -0.39 is 0 Å². The normalized spacial score (nSPS) is 17.9. The van der Waals surface area contributed by atoms with Gasteiger partial charge in [-0.1, -0.05) is 12.1 Å². The maximum Gasteiger partial charge on any atom is 0.249 e. The monoisotopic (exact) mass is 347 g/mol. The number of hydrogen-bond donors (Lipinski definition) is 1. The van der Waals surface area contributed by atoms with E-state index in [0.29, 0.717) is 19.6 Å². The lowest BCUT2D eigenvalue weighted by atomic mass is 10.0. The average Bonchev–Trinajstić information content (AvgIpc) is 3.03. The van der Waals surface area contributed by atoms with Crippen molar-refractivity contribution in [3.8, 4) is 0 Å². The number of aromatic nitrogens is 1. The van der Waals surface area contributed by atoms with Gasteiger partial charge in [0.1, 0.15) is 17.7 Å². The molecule has 2 aromatic rings. The van der Waals surface area contributed by atoms with Crippen molar-refractivity contribution in [1.82, 2.24) is 15.2 Å². The van der Waals surface area contributed by atoms with Gasteiger partial charge in [-0.15, -0.1) is 11.3 Å². The number of fused-ring (bicyclic) bond motifs is 1. The van der Waals surface area contributed by atoms with Gasteiger partial charge in [-0.05, 0) is 31.4 Å². The van der Waals surface area contributed by atoms with Crippen LogP contribution >= 0.6 is 11.3 Å². The summed E-state index contributed by atoms with van der Waals surface area (Å²) in [5, 5.41) is 3.49. The summed E-state index contributed by atoms with van der Waals surface area (Å²) in [6.07, 6.45) is 2.61. The Morgan fingerprint density at radius 3 is 3.00 bits per heavy atom. The largest absolute Gasteiger partial charge is 0.364 e. The van der Waals surface area contributed by atoms with E-state index in [0.717, 1.165) is 28.1 Å². The molecule has 1 fully saturated rings. The topological polar surface area (TPSA) is 71.5 Å². The van der Waals surface area contributed by atoms with Gasteiger partial charge in [-0.3, -0.25) is 9.59 Å². The number of para-hydroxylation sites is 1. The predicted molar refractivity (Wildman–Crippen MR) is 92.7 cm³/mol. The predicted octanol–water partition coefficient (Wildman–Crippen LogP) is 1.94. The molecule has 0 aliphatic carbocycles. The Bertz CT molecular complexity index is 698. The molecule has 0 spiro atoms. The number of nitrogens with one attached hydrogen (secondary N) is 1. The van der Waals surface area contributed by atoms with Crippen LogP contribution in [0.4, 0.5) is 0 Å². The van der Waals surface area contributed by atoms with Gasteiger partial charge in [-0.2, -0.15) is 0 Å². The molecular formula is C17H21N3O3S. The fraction of sp³-hybridized carbons (Fsp3) is 0.471. The lowest BCUT2D eigenvalue weighted by Gasteiger charge is -2.34. The zero-order valence-corrected chi connectivity index (χ0v) is 14.5. The summed E-state index contributed by atoms with van der Waals surface area (Å²) in [7, 11) is 1.60. The maximum absolute atomic E-state index is 12.4. The van der Waals surface area contributed by atoms with Crippen molar-refractivity contribution < 1.29 is 14.3 Å². The minimum atomic E-state index is -0.373. The second-order valence-electron chi connectivity index (χ2n) is 5.78. The molecule has 0 radical (unpaired) electrons. The number of likely N-dealkylation sites (tertiary alicyclic amines) is 1. The smallest absolute Gasteiger partial charge is 0.249 e. The Morgan fingerprint density at radius 2 is 2.21 bits per heavy atom. The molecule has 1 saturated heterocycles. The quantitative estimate of drug-likeness (QED) is 0.897. The van der Waals surface area contributed by atoms with Crippen LogP contribution in [0.25, 0.3) is 10.2 Å². The van der Waals surface area contributed by atoms with Crippen LogP contribution in [0, 0.1) is 0 Å². The number of thiazole rings is 1. The van der Waals surface area contributed by atoms with E-state index in [1.165, 1.54) is 0 Å². The van der Waals surface area contributed by atoms with Crippen LogP contribution in [0.3, 0.4) is 0 Å². The number of piperidine rings is 1. The van der Waals surface area contributed by atoms with Crippen LogP contribution in [0.5, 0.6) is 0 Å². The first-order valence-electron chi connectivity index (χ1n) is 8.12. The zero-order valence-electron chi connectivity index (χ0n) is 13.7. The Kier molecular flexibility index (Phi) is 5.42. The molecule has 1 unspecified atom stereocenters. The number of carbonyl (C=O) groups excluding carboxylic acids is 2. The molecule has 1 aromatic carbocycles. The highest BCUT2D eigenvalue weighted by molar-refractivity contribution is 7.18. The molecular weight excluding hydrogens is 326 g/mol. The number of likely N-dealkylation sites (N-methyl/N-ethyl adjacent to an activating group) is 1. The second kappa shape index (κ2) is 7.72. The van der Waals surface area contributed by atoms with Crippen molar-refractivity contribution in [2.75, 3.05) is 20.2 Å². The summed E-state index contributed by atoms with van der Waals surface area (Å²) >= 11 is 1.57. The Hall–Kier alpha value is -1.99. The molecule has 24 heavy (non-hydrogen) atoms. The minimum Gasteiger partial charge on any atom is -0.364 e. The summed E-state index contributed by atoms with van der Waals surface area (Å²) in [6.45, 7) is 0.897. The van der Waals surface area contributed by atoms with Gasteiger partial charge >= 0.3 is 0 Å². The third-order valence-electron chi connectivity index (χ3n) is 4.16. The standard InChI is InChI=1S/C17H21N3O3S/c1-18-17(22)13-7-4-5-9-20(13)16(21)11-23-10-15-19-12-6-2-3-8-14(12)24-15/h2-3,6,8,13H,4-5,7,9-11H2,1H3,(H,18,22). The number of rotatable bonds is 5. The highest BCUT2D eigenvalue weighted by Crippen LogP contribution is 2.22. The van der Waals surface area contributed by atoms with Crippen molar-refractivity contribution >= 4 is 33.4 Å². The van der Waals surface area contributed by atoms with Crippen LogP contribution in [0.2, 0.25) is 0 Å². The number of carbonyl (C=O) groups is 2. The summed E-state index contributed by atoms with van der Waals surface area (Å²) in [4.78, 5) is 30.4. The van der Waals surface area contributed by atoms with Gasteiger partial charge in [0.05, 0.1) is 16.8 Å². The van der Waals surface area contributed by atoms with Crippen molar-refractivity contribution in [3.63, 3.8) is 0 Å². The summed E-state index contributed by atoms with van der Waals surface area (Å²) in [6, 6.07) is 7.53. The first kappa shape index (κ1) is 16.9. The van der Waals surface area contributed by atoms with Crippen molar-refractivity contribution in [2.24, 2.45) is 0 Å². The molecule has 2 amide bonds. The summed E-state index contributed by atoms with van der Waals surface area (Å²) < 4.78 is 6.66. The molecule has 1 N–H and O–H groups in total. The second-order valence-corrected chi connectivity index (χ2v) is 6.90.